The average Bonchev–Trinajstić information content (AvgIpc) is 2.99. The third kappa shape index (κ3) is 7.44. The zero-order chi connectivity index (χ0) is 28.3. The SMILES string of the molecule is CCCCN(CCN(CC[n+]1c(-c2ccccc2)cc(-c2ccccc2)cc1-c1ccccc1)C(C)=O)C(C)=O. The van der Waals surface area contributed by atoms with Crippen LogP contribution in [0.15, 0.2) is 103 Å². The van der Waals surface area contributed by atoms with Gasteiger partial charge >= 0.3 is 0 Å². The molecule has 0 radical (unpaired) electrons. The molecule has 206 valence electrons. The fraction of sp³-hybridized carbons (Fsp3) is 0.286. The second-order valence-corrected chi connectivity index (χ2v) is 10.1. The lowest BCUT2D eigenvalue weighted by Gasteiger charge is -2.26. The van der Waals surface area contributed by atoms with E-state index < -0.39 is 0 Å². The highest BCUT2D eigenvalue weighted by Crippen LogP contribution is 2.29. The van der Waals surface area contributed by atoms with E-state index in [-0.39, 0.29) is 11.8 Å². The number of carbonyl (C=O) groups excluding carboxylic acids is 2. The summed E-state index contributed by atoms with van der Waals surface area (Å²) in [5, 5.41) is 0. The first-order valence-corrected chi connectivity index (χ1v) is 14.2. The maximum atomic E-state index is 12.7. The number of benzene rings is 3. The maximum absolute atomic E-state index is 12.7. The van der Waals surface area contributed by atoms with Crippen LogP contribution in [0, 0.1) is 0 Å². The van der Waals surface area contributed by atoms with E-state index in [0.29, 0.717) is 26.2 Å². The van der Waals surface area contributed by atoms with Crippen LogP contribution >= 0.6 is 0 Å². The van der Waals surface area contributed by atoms with E-state index in [9.17, 15) is 9.59 Å². The Hall–Kier alpha value is -4.25. The molecule has 0 fully saturated rings. The van der Waals surface area contributed by atoms with Crippen LogP contribution in [0.5, 0.6) is 0 Å². The van der Waals surface area contributed by atoms with Crippen LogP contribution in [0.3, 0.4) is 0 Å². The predicted octanol–water partition coefficient (Wildman–Crippen LogP) is 6.47. The van der Waals surface area contributed by atoms with Gasteiger partial charge in [0.1, 0.15) is 0 Å². The summed E-state index contributed by atoms with van der Waals surface area (Å²) in [6, 6.07) is 35.8. The first kappa shape index (κ1) is 28.8. The van der Waals surface area contributed by atoms with Gasteiger partial charge in [-0.05, 0) is 41.8 Å². The van der Waals surface area contributed by atoms with E-state index in [0.717, 1.165) is 53.0 Å². The molecule has 0 unspecified atom stereocenters. The van der Waals surface area contributed by atoms with Crippen LogP contribution in [-0.2, 0) is 16.1 Å². The number of hydrogen-bond donors (Lipinski definition) is 0. The number of nitrogens with zero attached hydrogens (tertiary/aromatic N) is 3. The van der Waals surface area contributed by atoms with Gasteiger partial charge in [0.05, 0.1) is 6.54 Å². The molecule has 0 spiro atoms. The lowest BCUT2D eigenvalue weighted by Crippen LogP contribution is -2.47. The smallest absolute Gasteiger partial charge is 0.219 e. The first-order chi connectivity index (χ1) is 19.5. The zero-order valence-corrected chi connectivity index (χ0v) is 23.9. The van der Waals surface area contributed by atoms with Crippen LogP contribution in [0.4, 0.5) is 0 Å². The molecular formula is C35H40N3O2+. The standard InChI is InChI=1S/C35H40N3O2/c1-4-5-21-36(28(2)39)22-23-37(29(3)40)24-25-38-34(31-17-11-7-12-18-31)26-33(30-15-9-6-10-16-30)27-35(38)32-19-13-8-14-20-32/h6-20,26-27H,4-5,21-25H2,1-3H3/q+1. The van der Waals surface area contributed by atoms with Crippen molar-refractivity contribution in [1.82, 2.24) is 9.80 Å². The minimum atomic E-state index is 0.0167. The normalized spacial score (nSPS) is 10.8. The zero-order valence-electron chi connectivity index (χ0n) is 23.9. The summed E-state index contributed by atoms with van der Waals surface area (Å²) in [5.41, 5.74) is 6.73. The van der Waals surface area contributed by atoms with Crippen LogP contribution < -0.4 is 4.57 Å². The lowest BCUT2D eigenvalue weighted by molar-refractivity contribution is -0.674. The Kier molecular flexibility index (Phi) is 10.2. The van der Waals surface area contributed by atoms with Crippen LogP contribution in [0.1, 0.15) is 33.6 Å². The molecule has 5 nitrogen and oxygen atoms in total. The monoisotopic (exact) mass is 534 g/mol. The highest BCUT2D eigenvalue weighted by molar-refractivity contribution is 5.75. The van der Waals surface area contributed by atoms with Crippen molar-refractivity contribution in [2.45, 2.75) is 40.2 Å². The van der Waals surface area contributed by atoms with Gasteiger partial charge in [0.25, 0.3) is 0 Å². The second-order valence-electron chi connectivity index (χ2n) is 10.1. The third-order valence-corrected chi connectivity index (χ3v) is 7.32. The number of amides is 2. The number of pyridine rings is 1. The van der Waals surface area contributed by atoms with E-state index in [1.807, 2.05) is 28.0 Å². The molecule has 0 aliphatic rings. The number of unbranched alkanes of at least 4 members (excludes halogenated alkanes) is 1. The molecule has 0 aliphatic heterocycles. The van der Waals surface area contributed by atoms with Gasteiger partial charge in [0.2, 0.25) is 23.2 Å². The van der Waals surface area contributed by atoms with E-state index in [4.69, 9.17) is 0 Å². The van der Waals surface area contributed by atoms with Gasteiger partial charge in [0.15, 0.2) is 6.54 Å². The van der Waals surface area contributed by atoms with Crippen molar-refractivity contribution in [1.29, 1.82) is 0 Å². The minimum Gasteiger partial charge on any atom is -0.341 e. The number of hydrogen-bond acceptors (Lipinski definition) is 2. The van der Waals surface area contributed by atoms with Gasteiger partial charge in [-0.3, -0.25) is 9.59 Å². The summed E-state index contributed by atoms with van der Waals surface area (Å²) < 4.78 is 2.33. The summed E-state index contributed by atoms with van der Waals surface area (Å²) in [5.74, 6) is 0.0728. The second kappa shape index (κ2) is 14.2. The molecule has 0 N–H and O–H groups in total. The Morgan fingerprint density at radius 2 is 1.00 bits per heavy atom. The van der Waals surface area contributed by atoms with E-state index in [2.05, 4.69) is 96.4 Å². The Morgan fingerprint density at radius 3 is 1.43 bits per heavy atom. The van der Waals surface area contributed by atoms with Gasteiger partial charge in [-0.15, -0.1) is 0 Å². The Labute approximate surface area is 238 Å². The Morgan fingerprint density at radius 1 is 0.575 bits per heavy atom. The van der Waals surface area contributed by atoms with Crippen molar-refractivity contribution in [3.05, 3.63) is 103 Å². The summed E-state index contributed by atoms with van der Waals surface area (Å²) >= 11 is 0. The molecule has 5 heteroatoms. The van der Waals surface area contributed by atoms with Gasteiger partial charge < -0.3 is 9.80 Å². The highest BCUT2D eigenvalue weighted by atomic mass is 16.2. The third-order valence-electron chi connectivity index (χ3n) is 7.32. The largest absolute Gasteiger partial charge is 0.341 e. The molecule has 4 aromatic rings. The number of aromatic nitrogens is 1. The Bertz CT molecular complexity index is 1330. The Balaban J connectivity index is 1.73. The molecule has 4 rings (SSSR count). The average molecular weight is 535 g/mol. The molecule has 1 aromatic heterocycles. The summed E-state index contributed by atoms with van der Waals surface area (Å²) in [6.45, 7) is 8.30. The van der Waals surface area contributed by atoms with E-state index in [1.54, 1.807) is 13.8 Å². The highest BCUT2D eigenvalue weighted by Gasteiger charge is 2.24. The van der Waals surface area contributed by atoms with Crippen LogP contribution in [0.25, 0.3) is 33.6 Å². The summed E-state index contributed by atoms with van der Waals surface area (Å²) in [6.07, 6.45) is 1.99. The van der Waals surface area contributed by atoms with Gasteiger partial charge in [-0.2, -0.15) is 4.57 Å². The van der Waals surface area contributed by atoms with Crippen molar-refractivity contribution in [2.24, 2.45) is 0 Å². The van der Waals surface area contributed by atoms with Crippen LogP contribution in [-0.4, -0.2) is 47.8 Å². The molecule has 40 heavy (non-hydrogen) atoms. The fourth-order valence-electron chi connectivity index (χ4n) is 5.02. The molecule has 2 amide bonds. The summed E-state index contributed by atoms with van der Waals surface area (Å²) in [4.78, 5) is 28.6. The van der Waals surface area contributed by atoms with Crippen molar-refractivity contribution in [3.63, 3.8) is 0 Å². The minimum absolute atomic E-state index is 0.0167. The van der Waals surface area contributed by atoms with Gasteiger partial charge in [0, 0.05) is 56.7 Å². The molecule has 3 aromatic carbocycles. The topological polar surface area (TPSA) is 44.5 Å². The van der Waals surface area contributed by atoms with Crippen molar-refractivity contribution in [3.8, 4) is 33.6 Å². The molecular weight excluding hydrogens is 494 g/mol. The molecule has 0 atom stereocenters. The van der Waals surface area contributed by atoms with Crippen molar-refractivity contribution < 1.29 is 14.2 Å². The number of carbonyl (C=O) groups is 2. The van der Waals surface area contributed by atoms with E-state index >= 15 is 0 Å². The molecule has 0 bridgehead atoms. The molecule has 0 saturated heterocycles. The maximum Gasteiger partial charge on any atom is 0.219 e. The molecule has 0 aliphatic carbocycles. The first-order valence-electron chi connectivity index (χ1n) is 14.2. The van der Waals surface area contributed by atoms with Crippen LogP contribution in [0.2, 0.25) is 0 Å². The number of rotatable bonds is 12. The van der Waals surface area contributed by atoms with Crippen molar-refractivity contribution in [2.75, 3.05) is 26.2 Å². The van der Waals surface area contributed by atoms with Gasteiger partial charge in [-0.25, -0.2) is 0 Å². The van der Waals surface area contributed by atoms with E-state index in [1.165, 1.54) is 0 Å². The lowest BCUT2D eigenvalue weighted by atomic mass is 9.99. The molecule has 0 saturated carbocycles. The quantitative estimate of drug-likeness (QED) is 0.196. The predicted molar refractivity (Wildman–Crippen MR) is 162 cm³/mol. The van der Waals surface area contributed by atoms with Gasteiger partial charge in [-0.1, -0.05) is 80.1 Å². The molecule has 1 heterocycles. The summed E-state index contributed by atoms with van der Waals surface area (Å²) in [7, 11) is 0. The fourth-order valence-corrected chi connectivity index (χ4v) is 5.02. The van der Waals surface area contributed by atoms with Crippen molar-refractivity contribution >= 4 is 11.8 Å².